The minimum Gasteiger partial charge on any atom is -0.494 e. The minimum absolute atomic E-state index is 0.0708. The van der Waals surface area contributed by atoms with Gasteiger partial charge in [-0.1, -0.05) is 29.3 Å². The monoisotopic (exact) mass is 544 g/mol. The molecule has 3 aromatic carbocycles. The van der Waals surface area contributed by atoms with Crippen molar-refractivity contribution < 1.29 is 18.7 Å². The molecule has 10 heteroatoms. The van der Waals surface area contributed by atoms with Gasteiger partial charge in [-0.3, -0.25) is 4.79 Å². The van der Waals surface area contributed by atoms with E-state index in [1.807, 2.05) is 32.3 Å². The van der Waals surface area contributed by atoms with Crippen molar-refractivity contribution in [3.05, 3.63) is 81.7 Å². The molecular formula is C27H27Cl2FN4O3. The third-order valence-electron chi connectivity index (χ3n) is 5.54. The summed E-state index contributed by atoms with van der Waals surface area (Å²) in [6, 6.07) is 14.9. The summed E-state index contributed by atoms with van der Waals surface area (Å²) in [6.45, 7) is 1.46. The molecule has 0 aliphatic carbocycles. The Hall–Kier alpha value is -3.46. The van der Waals surface area contributed by atoms with Crippen LogP contribution in [0.4, 0.5) is 10.1 Å². The van der Waals surface area contributed by atoms with Crippen LogP contribution in [0.2, 0.25) is 10.0 Å². The number of aromatic nitrogens is 1. The molecule has 0 atom stereocenters. The maximum atomic E-state index is 15.2. The molecule has 0 saturated heterocycles. The standard InChI is InChI=1S/C27H27Cl2FN4O3/c1-34(2)8-3-9-36-20-5-7-23-17(10-20)11-24(33-23)27(35)32-15-16-4-6-22(29)26(25(16)30)37-21-13-18(28)12-19(31)14-21/h4-7,10-14,33H,3,8-9,15,31H2,1-2H3,(H,32,35). The number of anilines is 1. The lowest BCUT2D eigenvalue weighted by molar-refractivity contribution is 0.0946. The minimum atomic E-state index is -0.695. The van der Waals surface area contributed by atoms with Gasteiger partial charge in [0.2, 0.25) is 0 Å². The van der Waals surface area contributed by atoms with E-state index < -0.39 is 5.82 Å². The van der Waals surface area contributed by atoms with Crippen LogP contribution in [-0.2, 0) is 6.54 Å². The van der Waals surface area contributed by atoms with E-state index in [0.29, 0.717) is 23.0 Å². The molecule has 0 bridgehead atoms. The highest BCUT2D eigenvalue weighted by Crippen LogP contribution is 2.35. The largest absolute Gasteiger partial charge is 0.494 e. The van der Waals surface area contributed by atoms with E-state index in [-0.39, 0.29) is 34.5 Å². The van der Waals surface area contributed by atoms with Gasteiger partial charge in [-0.25, -0.2) is 4.39 Å². The number of hydrogen-bond acceptors (Lipinski definition) is 5. The maximum Gasteiger partial charge on any atom is 0.267 e. The van der Waals surface area contributed by atoms with Gasteiger partial charge in [-0.15, -0.1) is 0 Å². The molecule has 4 N–H and O–H groups in total. The highest BCUT2D eigenvalue weighted by atomic mass is 35.5. The lowest BCUT2D eigenvalue weighted by atomic mass is 10.2. The Morgan fingerprint density at radius 2 is 1.89 bits per heavy atom. The zero-order valence-electron chi connectivity index (χ0n) is 20.4. The number of fused-ring (bicyclic) bond motifs is 1. The first kappa shape index (κ1) is 26.6. The molecule has 0 aliphatic heterocycles. The van der Waals surface area contributed by atoms with Crippen molar-refractivity contribution in [2.24, 2.45) is 0 Å². The van der Waals surface area contributed by atoms with Crippen molar-refractivity contribution >= 4 is 45.7 Å². The number of aromatic amines is 1. The van der Waals surface area contributed by atoms with Gasteiger partial charge in [0.15, 0.2) is 11.6 Å². The number of nitrogens with zero attached hydrogens (tertiary/aromatic N) is 1. The topological polar surface area (TPSA) is 92.6 Å². The summed E-state index contributed by atoms with van der Waals surface area (Å²) in [5, 5.41) is 3.98. The smallest absolute Gasteiger partial charge is 0.267 e. The molecule has 194 valence electrons. The molecular weight excluding hydrogens is 518 g/mol. The summed E-state index contributed by atoms with van der Waals surface area (Å²) in [7, 11) is 4.04. The molecule has 0 unspecified atom stereocenters. The maximum absolute atomic E-state index is 15.2. The number of carbonyl (C=O) groups excluding carboxylic acids is 1. The van der Waals surface area contributed by atoms with Gasteiger partial charge < -0.3 is 30.4 Å². The quantitative estimate of drug-likeness (QED) is 0.162. The highest BCUT2D eigenvalue weighted by Gasteiger charge is 2.17. The SMILES string of the molecule is CN(C)CCCOc1ccc2[nH]c(C(=O)NCc3ccc(Cl)c(Oc4cc(N)cc(Cl)c4)c3F)cc2c1. The number of H-pyrrole nitrogens is 1. The summed E-state index contributed by atoms with van der Waals surface area (Å²) in [4.78, 5) is 18.0. The summed E-state index contributed by atoms with van der Waals surface area (Å²) in [5.74, 6) is -0.289. The molecule has 7 nitrogen and oxygen atoms in total. The number of benzene rings is 3. The Kier molecular flexibility index (Phi) is 8.43. The molecule has 0 spiro atoms. The number of rotatable bonds is 10. The van der Waals surface area contributed by atoms with E-state index in [2.05, 4.69) is 15.2 Å². The molecule has 37 heavy (non-hydrogen) atoms. The van der Waals surface area contributed by atoms with Gasteiger partial charge in [0.1, 0.15) is 17.2 Å². The molecule has 0 radical (unpaired) electrons. The number of amides is 1. The Morgan fingerprint density at radius 3 is 2.65 bits per heavy atom. The van der Waals surface area contributed by atoms with Gasteiger partial charge in [0, 0.05) is 46.3 Å². The van der Waals surface area contributed by atoms with Crippen molar-refractivity contribution in [3.8, 4) is 17.2 Å². The van der Waals surface area contributed by atoms with Crippen molar-refractivity contribution in [2.75, 3.05) is 33.0 Å². The summed E-state index contributed by atoms with van der Waals surface area (Å²) in [6.07, 6.45) is 0.910. The van der Waals surface area contributed by atoms with E-state index in [1.165, 1.54) is 24.3 Å². The van der Waals surface area contributed by atoms with Gasteiger partial charge in [-0.2, -0.15) is 0 Å². The first-order chi connectivity index (χ1) is 17.7. The van der Waals surface area contributed by atoms with E-state index in [9.17, 15) is 4.79 Å². The number of nitrogens with one attached hydrogen (secondary N) is 2. The first-order valence-electron chi connectivity index (χ1n) is 11.6. The predicted octanol–water partition coefficient (Wildman–Crippen LogP) is 6.25. The van der Waals surface area contributed by atoms with Crippen molar-refractivity contribution in [1.29, 1.82) is 0 Å². The van der Waals surface area contributed by atoms with Crippen LogP contribution in [0.3, 0.4) is 0 Å². The summed E-state index contributed by atoms with van der Waals surface area (Å²) < 4.78 is 26.6. The van der Waals surface area contributed by atoms with E-state index >= 15 is 4.39 Å². The van der Waals surface area contributed by atoms with Crippen LogP contribution in [0.1, 0.15) is 22.5 Å². The fraction of sp³-hybridized carbons (Fsp3) is 0.222. The number of halogens is 3. The normalized spacial score (nSPS) is 11.2. The first-order valence-corrected chi connectivity index (χ1v) is 12.3. The van der Waals surface area contributed by atoms with Crippen LogP contribution in [0.15, 0.2) is 54.6 Å². The number of ether oxygens (including phenoxy) is 2. The van der Waals surface area contributed by atoms with E-state index in [1.54, 1.807) is 12.1 Å². The van der Waals surface area contributed by atoms with Gasteiger partial charge >= 0.3 is 0 Å². The van der Waals surface area contributed by atoms with Gasteiger partial charge in [-0.05, 0) is 63.0 Å². The highest BCUT2D eigenvalue weighted by molar-refractivity contribution is 6.32. The van der Waals surface area contributed by atoms with Crippen molar-refractivity contribution in [1.82, 2.24) is 15.2 Å². The van der Waals surface area contributed by atoms with Crippen LogP contribution in [0.5, 0.6) is 17.2 Å². The predicted molar refractivity (Wildman–Crippen MR) is 145 cm³/mol. The van der Waals surface area contributed by atoms with Crippen LogP contribution in [0, 0.1) is 5.82 Å². The molecule has 4 aromatic rings. The average molecular weight is 545 g/mol. The number of nitrogen functional groups attached to an aromatic ring is 1. The number of hydrogen-bond donors (Lipinski definition) is 3. The third-order valence-corrected chi connectivity index (χ3v) is 6.05. The Labute approximate surface area is 224 Å². The molecule has 4 rings (SSSR count). The molecule has 0 saturated carbocycles. The third kappa shape index (κ3) is 6.85. The van der Waals surface area contributed by atoms with Crippen molar-refractivity contribution in [2.45, 2.75) is 13.0 Å². The van der Waals surface area contributed by atoms with Crippen LogP contribution in [0.25, 0.3) is 10.9 Å². The second kappa shape index (κ2) is 11.7. The van der Waals surface area contributed by atoms with Crippen LogP contribution in [-0.4, -0.2) is 43.0 Å². The second-order valence-electron chi connectivity index (χ2n) is 8.79. The van der Waals surface area contributed by atoms with Crippen LogP contribution >= 0.6 is 23.2 Å². The summed E-state index contributed by atoms with van der Waals surface area (Å²) >= 11 is 12.2. The zero-order valence-corrected chi connectivity index (χ0v) is 21.9. The van der Waals surface area contributed by atoms with Crippen molar-refractivity contribution in [3.63, 3.8) is 0 Å². The fourth-order valence-corrected chi connectivity index (χ4v) is 4.15. The Bertz CT molecular complexity index is 1400. The molecule has 0 fully saturated rings. The molecule has 1 amide bonds. The molecule has 1 aromatic heterocycles. The second-order valence-corrected chi connectivity index (χ2v) is 9.64. The Morgan fingerprint density at radius 1 is 1.08 bits per heavy atom. The lowest BCUT2D eigenvalue weighted by Crippen LogP contribution is -2.23. The average Bonchev–Trinajstić information content (AvgIpc) is 3.27. The van der Waals surface area contributed by atoms with Crippen LogP contribution < -0.4 is 20.5 Å². The zero-order chi connectivity index (χ0) is 26.5. The number of carbonyl (C=O) groups is 1. The van der Waals surface area contributed by atoms with E-state index in [4.69, 9.17) is 38.4 Å². The molecule has 1 heterocycles. The number of nitrogens with two attached hydrogens (primary N) is 1. The molecule has 0 aliphatic rings. The lowest BCUT2D eigenvalue weighted by Gasteiger charge is -2.13. The van der Waals surface area contributed by atoms with Gasteiger partial charge in [0.05, 0.1) is 11.6 Å². The fourth-order valence-electron chi connectivity index (χ4n) is 3.73. The van der Waals surface area contributed by atoms with Gasteiger partial charge in [0.25, 0.3) is 5.91 Å². The van der Waals surface area contributed by atoms with E-state index in [0.717, 1.165) is 29.6 Å². The summed E-state index contributed by atoms with van der Waals surface area (Å²) in [5.41, 5.74) is 7.48. The Balaban J connectivity index is 1.42.